The van der Waals surface area contributed by atoms with Crippen LogP contribution in [0.5, 0.6) is 5.75 Å². The molecule has 0 fully saturated rings. The molecule has 1 aromatic heterocycles. The zero-order chi connectivity index (χ0) is 20.0. The molecule has 3 rings (SSSR count). The molecule has 8 nitrogen and oxygen atoms in total. The lowest BCUT2D eigenvalue weighted by Crippen LogP contribution is -2.13. The van der Waals surface area contributed by atoms with Gasteiger partial charge in [0, 0.05) is 12.4 Å². The zero-order valence-corrected chi connectivity index (χ0v) is 15.7. The summed E-state index contributed by atoms with van der Waals surface area (Å²) in [5.74, 6) is 0.00485. The molecule has 0 spiro atoms. The number of hydrogen-bond acceptors (Lipinski definition) is 6. The first-order valence-electron chi connectivity index (χ1n) is 8.41. The standard InChI is InChI=1S/C19H19N3O5S/c20-28(24,25)18-8-6-17(7-9-18)26-12-13-27-19(23)16-4-2-15(3-5-16)14-22-11-1-10-21-22/h1-11H,12-14H2,(H2,20,24,25). The predicted molar refractivity (Wildman–Crippen MR) is 101 cm³/mol. The Hall–Kier alpha value is -3.17. The van der Waals surface area contributed by atoms with Crippen LogP contribution in [0, 0.1) is 0 Å². The van der Waals surface area contributed by atoms with E-state index in [4.69, 9.17) is 14.6 Å². The summed E-state index contributed by atoms with van der Waals surface area (Å²) >= 11 is 0. The average Bonchev–Trinajstić information content (AvgIpc) is 3.18. The number of carbonyl (C=O) groups is 1. The first-order chi connectivity index (χ1) is 13.4. The highest BCUT2D eigenvalue weighted by Crippen LogP contribution is 2.15. The smallest absolute Gasteiger partial charge is 0.338 e. The Morgan fingerprint density at radius 3 is 2.36 bits per heavy atom. The van der Waals surface area contributed by atoms with Gasteiger partial charge in [0.2, 0.25) is 10.0 Å². The van der Waals surface area contributed by atoms with Gasteiger partial charge in [0.1, 0.15) is 19.0 Å². The number of benzene rings is 2. The maximum absolute atomic E-state index is 12.1. The molecule has 0 saturated heterocycles. The second-order valence-corrected chi connectivity index (χ2v) is 7.46. The van der Waals surface area contributed by atoms with Crippen LogP contribution in [-0.4, -0.2) is 37.4 Å². The van der Waals surface area contributed by atoms with Crippen molar-refractivity contribution in [3.63, 3.8) is 0 Å². The van der Waals surface area contributed by atoms with Gasteiger partial charge in [-0.1, -0.05) is 12.1 Å². The summed E-state index contributed by atoms with van der Waals surface area (Å²) in [6, 6.07) is 14.6. The summed E-state index contributed by atoms with van der Waals surface area (Å²) in [7, 11) is -3.73. The van der Waals surface area contributed by atoms with Gasteiger partial charge in [-0.15, -0.1) is 0 Å². The predicted octanol–water partition coefficient (Wildman–Crippen LogP) is 1.81. The maximum Gasteiger partial charge on any atom is 0.338 e. The average molecular weight is 401 g/mol. The number of hydrogen-bond donors (Lipinski definition) is 1. The Labute approximate surface area is 162 Å². The molecule has 2 N–H and O–H groups in total. The molecule has 2 aromatic carbocycles. The quantitative estimate of drug-likeness (QED) is 0.455. The van der Waals surface area contributed by atoms with Gasteiger partial charge in [-0.3, -0.25) is 4.68 Å². The van der Waals surface area contributed by atoms with E-state index < -0.39 is 16.0 Å². The summed E-state index contributed by atoms with van der Waals surface area (Å²) in [6.45, 7) is 0.822. The fraction of sp³-hybridized carbons (Fsp3) is 0.158. The van der Waals surface area contributed by atoms with Crippen LogP contribution in [0.3, 0.4) is 0 Å². The Bertz CT molecular complexity index is 1010. The zero-order valence-electron chi connectivity index (χ0n) is 14.9. The van der Waals surface area contributed by atoms with Crippen molar-refractivity contribution >= 4 is 16.0 Å². The Morgan fingerprint density at radius 2 is 1.75 bits per heavy atom. The van der Waals surface area contributed by atoms with Gasteiger partial charge in [-0.05, 0) is 48.0 Å². The van der Waals surface area contributed by atoms with Crippen molar-refractivity contribution < 1.29 is 22.7 Å². The fourth-order valence-corrected chi connectivity index (χ4v) is 2.95. The van der Waals surface area contributed by atoms with Gasteiger partial charge in [0.25, 0.3) is 0 Å². The molecular weight excluding hydrogens is 382 g/mol. The number of rotatable bonds is 8. The van der Waals surface area contributed by atoms with E-state index in [0.29, 0.717) is 17.9 Å². The summed E-state index contributed by atoms with van der Waals surface area (Å²) in [5.41, 5.74) is 1.47. The highest BCUT2D eigenvalue weighted by Gasteiger charge is 2.09. The van der Waals surface area contributed by atoms with Crippen molar-refractivity contribution in [1.82, 2.24) is 9.78 Å². The van der Waals surface area contributed by atoms with E-state index in [0.717, 1.165) is 5.56 Å². The largest absolute Gasteiger partial charge is 0.490 e. The lowest BCUT2D eigenvalue weighted by Gasteiger charge is -2.08. The van der Waals surface area contributed by atoms with Crippen LogP contribution in [0.2, 0.25) is 0 Å². The van der Waals surface area contributed by atoms with Crippen LogP contribution in [-0.2, 0) is 21.3 Å². The number of primary sulfonamides is 1. The number of sulfonamides is 1. The number of aromatic nitrogens is 2. The third-order valence-electron chi connectivity index (χ3n) is 3.83. The molecule has 1 heterocycles. The normalized spacial score (nSPS) is 11.2. The lowest BCUT2D eigenvalue weighted by molar-refractivity contribution is 0.0450. The minimum atomic E-state index is -3.73. The third kappa shape index (κ3) is 5.41. The van der Waals surface area contributed by atoms with Crippen LogP contribution >= 0.6 is 0 Å². The van der Waals surface area contributed by atoms with Gasteiger partial charge < -0.3 is 9.47 Å². The number of carbonyl (C=O) groups excluding carboxylic acids is 1. The van der Waals surface area contributed by atoms with Crippen molar-refractivity contribution in [3.05, 3.63) is 78.1 Å². The van der Waals surface area contributed by atoms with Crippen LogP contribution in [0.25, 0.3) is 0 Å². The summed E-state index contributed by atoms with van der Waals surface area (Å²) < 4.78 is 34.8. The number of ether oxygens (including phenoxy) is 2. The molecule has 0 aliphatic heterocycles. The van der Waals surface area contributed by atoms with E-state index in [1.165, 1.54) is 24.3 Å². The number of nitrogens with zero attached hydrogens (tertiary/aromatic N) is 2. The lowest BCUT2D eigenvalue weighted by atomic mass is 10.1. The molecule has 0 saturated carbocycles. The van der Waals surface area contributed by atoms with E-state index in [-0.39, 0.29) is 18.1 Å². The van der Waals surface area contributed by atoms with Crippen molar-refractivity contribution in [1.29, 1.82) is 0 Å². The molecule has 0 aliphatic rings. The van der Waals surface area contributed by atoms with E-state index in [2.05, 4.69) is 5.10 Å². The Kier molecular flexibility index (Phi) is 6.07. The first-order valence-corrected chi connectivity index (χ1v) is 9.95. The molecule has 3 aromatic rings. The molecule has 146 valence electrons. The van der Waals surface area contributed by atoms with E-state index in [1.807, 2.05) is 24.4 Å². The molecule has 0 bridgehead atoms. The highest BCUT2D eigenvalue weighted by molar-refractivity contribution is 7.89. The molecule has 0 unspecified atom stereocenters. The van der Waals surface area contributed by atoms with E-state index in [9.17, 15) is 13.2 Å². The minimum Gasteiger partial charge on any atom is -0.490 e. The monoisotopic (exact) mass is 401 g/mol. The van der Waals surface area contributed by atoms with E-state index >= 15 is 0 Å². The number of esters is 1. The van der Waals surface area contributed by atoms with Crippen LogP contribution < -0.4 is 9.88 Å². The van der Waals surface area contributed by atoms with Crippen molar-refractivity contribution in [3.8, 4) is 5.75 Å². The molecule has 0 atom stereocenters. The molecule has 28 heavy (non-hydrogen) atoms. The minimum absolute atomic E-state index is 0.00211. The van der Waals surface area contributed by atoms with Gasteiger partial charge in [-0.25, -0.2) is 18.4 Å². The molecule has 0 radical (unpaired) electrons. The molecular formula is C19H19N3O5S. The first kappa shape index (κ1) is 19.6. The van der Waals surface area contributed by atoms with Crippen molar-refractivity contribution in [2.75, 3.05) is 13.2 Å². The van der Waals surface area contributed by atoms with Gasteiger partial charge in [0.05, 0.1) is 17.0 Å². The topological polar surface area (TPSA) is 114 Å². The van der Waals surface area contributed by atoms with Crippen LogP contribution in [0.4, 0.5) is 0 Å². The maximum atomic E-state index is 12.1. The van der Waals surface area contributed by atoms with Gasteiger partial charge in [0.15, 0.2) is 0 Å². The van der Waals surface area contributed by atoms with Crippen LogP contribution in [0.15, 0.2) is 71.9 Å². The number of nitrogens with two attached hydrogens (primary N) is 1. The second kappa shape index (κ2) is 8.68. The summed E-state index contributed by atoms with van der Waals surface area (Å²) in [6.07, 6.45) is 3.58. The molecule has 9 heteroatoms. The van der Waals surface area contributed by atoms with Crippen LogP contribution in [0.1, 0.15) is 15.9 Å². The SMILES string of the molecule is NS(=O)(=O)c1ccc(OCCOC(=O)c2ccc(Cn3cccn3)cc2)cc1. The van der Waals surface area contributed by atoms with Crippen molar-refractivity contribution in [2.45, 2.75) is 11.4 Å². The summed E-state index contributed by atoms with van der Waals surface area (Å²) in [5, 5.41) is 9.17. The van der Waals surface area contributed by atoms with Gasteiger partial charge >= 0.3 is 5.97 Å². The fourth-order valence-electron chi connectivity index (χ4n) is 2.43. The Morgan fingerprint density at radius 1 is 1.04 bits per heavy atom. The molecule has 0 amide bonds. The van der Waals surface area contributed by atoms with E-state index in [1.54, 1.807) is 23.0 Å². The third-order valence-corrected chi connectivity index (χ3v) is 4.76. The Balaban J connectivity index is 1.44. The highest BCUT2D eigenvalue weighted by atomic mass is 32.2. The summed E-state index contributed by atoms with van der Waals surface area (Å²) in [4.78, 5) is 12.1. The van der Waals surface area contributed by atoms with Crippen molar-refractivity contribution in [2.24, 2.45) is 5.14 Å². The second-order valence-electron chi connectivity index (χ2n) is 5.90. The molecule has 0 aliphatic carbocycles. The van der Waals surface area contributed by atoms with Gasteiger partial charge in [-0.2, -0.15) is 5.10 Å².